The Morgan fingerprint density at radius 1 is 0.708 bits per heavy atom. The smallest absolute Gasteiger partial charge is 0.119 e. The summed E-state index contributed by atoms with van der Waals surface area (Å²) in [6.07, 6.45) is 16.5. The van der Waals surface area contributed by atoms with E-state index in [4.69, 9.17) is 0 Å². The Balaban J connectivity index is 2.74. The lowest BCUT2D eigenvalue weighted by molar-refractivity contribution is 0.466. The number of hydrogen-bond acceptors (Lipinski definition) is 1. The highest BCUT2D eigenvalue weighted by molar-refractivity contribution is 5.48. The molecule has 0 fully saturated rings. The van der Waals surface area contributed by atoms with E-state index in [9.17, 15) is 5.11 Å². The van der Waals surface area contributed by atoms with E-state index in [1.165, 1.54) is 87.3 Å². The summed E-state index contributed by atoms with van der Waals surface area (Å²) in [7, 11) is 0. The van der Waals surface area contributed by atoms with Crippen LogP contribution >= 0.6 is 0 Å². The number of benzene rings is 1. The predicted molar refractivity (Wildman–Crippen MR) is 107 cm³/mol. The maximum Gasteiger partial charge on any atom is 0.119 e. The van der Waals surface area contributed by atoms with Gasteiger partial charge in [-0.3, -0.25) is 0 Å². The van der Waals surface area contributed by atoms with Crippen LogP contribution in [0.1, 0.15) is 107 Å². The zero-order chi connectivity index (χ0) is 17.8. The third kappa shape index (κ3) is 6.87. The van der Waals surface area contributed by atoms with Crippen LogP contribution in [0.5, 0.6) is 5.75 Å². The van der Waals surface area contributed by atoms with Crippen LogP contribution in [-0.2, 0) is 19.3 Å². The zero-order valence-corrected chi connectivity index (χ0v) is 16.7. The third-order valence-electron chi connectivity index (χ3n) is 5.35. The van der Waals surface area contributed by atoms with Crippen LogP contribution in [0.15, 0.2) is 6.07 Å². The van der Waals surface area contributed by atoms with Gasteiger partial charge in [0.05, 0.1) is 0 Å². The van der Waals surface area contributed by atoms with Crippen molar-refractivity contribution >= 4 is 0 Å². The van der Waals surface area contributed by atoms with Crippen molar-refractivity contribution in [3.63, 3.8) is 0 Å². The molecule has 1 aromatic carbocycles. The fourth-order valence-corrected chi connectivity index (χ4v) is 3.80. The molecule has 1 rings (SSSR count). The SMILES string of the molecule is CCCCCCCc1cc(O)c(CC)c(C)c1CCCCCCC. The molecule has 0 saturated carbocycles. The summed E-state index contributed by atoms with van der Waals surface area (Å²) in [5, 5.41) is 10.4. The number of unbranched alkanes of at least 4 members (excludes halogenated alkanes) is 8. The number of aryl methyl sites for hydroxylation is 1. The topological polar surface area (TPSA) is 20.2 Å². The molecule has 0 bridgehead atoms. The van der Waals surface area contributed by atoms with E-state index < -0.39 is 0 Å². The normalized spacial score (nSPS) is 11.2. The molecule has 1 heteroatoms. The third-order valence-corrected chi connectivity index (χ3v) is 5.35. The zero-order valence-electron chi connectivity index (χ0n) is 16.7. The Bertz CT molecular complexity index is 462. The maximum absolute atomic E-state index is 10.4. The van der Waals surface area contributed by atoms with E-state index in [0.29, 0.717) is 5.75 Å². The monoisotopic (exact) mass is 332 g/mol. The molecular weight excluding hydrogens is 292 g/mol. The van der Waals surface area contributed by atoms with Gasteiger partial charge in [0.2, 0.25) is 0 Å². The van der Waals surface area contributed by atoms with E-state index >= 15 is 0 Å². The first-order valence-electron chi connectivity index (χ1n) is 10.5. The average molecular weight is 333 g/mol. The summed E-state index contributed by atoms with van der Waals surface area (Å²) < 4.78 is 0. The first-order chi connectivity index (χ1) is 11.7. The minimum absolute atomic E-state index is 0.522. The standard InChI is InChI=1S/C23H40O/c1-5-8-10-12-14-16-20-18-23(24)21(7-3)19(4)22(20)17-15-13-11-9-6-2/h18,24H,5-17H2,1-4H3. The van der Waals surface area contributed by atoms with Gasteiger partial charge in [0.1, 0.15) is 5.75 Å². The van der Waals surface area contributed by atoms with Crippen molar-refractivity contribution in [3.8, 4) is 5.75 Å². The molecular formula is C23H40O. The number of phenols is 1. The van der Waals surface area contributed by atoms with Crippen LogP contribution < -0.4 is 0 Å². The molecule has 24 heavy (non-hydrogen) atoms. The van der Waals surface area contributed by atoms with Gasteiger partial charge in [-0.1, -0.05) is 72.1 Å². The summed E-state index contributed by atoms with van der Waals surface area (Å²) in [5.74, 6) is 0.522. The molecule has 0 spiro atoms. The van der Waals surface area contributed by atoms with Crippen molar-refractivity contribution in [3.05, 3.63) is 28.3 Å². The number of aromatic hydroxyl groups is 1. The van der Waals surface area contributed by atoms with Crippen LogP contribution in [0.25, 0.3) is 0 Å². The van der Waals surface area contributed by atoms with E-state index in [-0.39, 0.29) is 0 Å². The van der Waals surface area contributed by atoms with Gasteiger partial charge in [0.25, 0.3) is 0 Å². The number of phenolic OH excluding ortho intramolecular Hbond substituents is 1. The lowest BCUT2D eigenvalue weighted by Crippen LogP contribution is -2.03. The summed E-state index contributed by atoms with van der Waals surface area (Å²) >= 11 is 0. The van der Waals surface area contributed by atoms with Crippen LogP contribution in [0, 0.1) is 6.92 Å². The Labute approximate surface area is 150 Å². The maximum atomic E-state index is 10.4. The summed E-state index contributed by atoms with van der Waals surface area (Å²) in [4.78, 5) is 0. The quantitative estimate of drug-likeness (QED) is 0.376. The lowest BCUT2D eigenvalue weighted by Gasteiger charge is -2.18. The molecule has 1 aromatic rings. The van der Waals surface area contributed by atoms with Crippen molar-refractivity contribution in [2.24, 2.45) is 0 Å². The highest BCUT2D eigenvalue weighted by Gasteiger charge is 2.13. The molecule has 0 heterocycles. The minimum Gasteiger partial charge on any atom is -0.508 e. The lowest BCUT2D eigenvalue weighted by atomic mass is 9.89. The van der Waals surface area contributed by atoms with Crippen LogP contribution in [0.4, 0.5) is 0 Å². The molecule has 0 aromatic heterocycles. The van der Waals surface area contributed by atoms with Crippen molar-refractivity contribution < 1.29 is 5.11 Å². The number of hydrogen-bond donors (Lipinski definition) is 1. The summed E-state index contributed by atoms with van der Waals surface area (Å²) in [6, 6.07) is 2.08. The van der Waals surface area contributed by atoms with Gasteiger partial charge in [-0.05, 0) is 67.3 Å². The molecule has 1 nitrogen and oxygen atoms in total. The molecule has 138 valence electrons. The van der Waals surface area contributed by atoms with Crippen LogP contribution in [0.2, 0.25) is 0 Å². The van der Waals surface area contributed by atoms with E-state index in [1.807, 2.05) is 0 Å². The fourth-order valence-electron chi connectivity index (χ4n) is 3.80. The average Bonchev–Trinajstić information content (AvgIpc) is 2.57. The predicted octanol–water partition coefficient (Wildman–Crippen LogP) is 7.29. The molecule has 0 radical (unpaired) electrons. The highest BCUT2D eigenvalue weighted by atomic mass is 16.3. The van der Waals surface area contributed by atoms with E-state index in [2.05, 4.69) is 33.8 Å². The Morgan fingerprint density at radius 2 is 1.25 bits per heavy atom. The molecule has 0 amide bonds. The minimum atomic E-state index is 0.522. The van der Waals surface area contributed by atoms with Crippen LogP contribution in [0.3, 0.4) is 0 Å². The second kappa shape index (κ2) is 12.4. The molecule has 0 unspecified atom stereocenters. The van der Waals surface area contributed by atoms with Crippen molar-refractivity contribution in [2.75, 3.05) is 0 Å². The largest absolute Gasteiger partial charge is 0.508 e. The number of rotatable bonds is 13. The van der Waals surface area contributed by atoms with Crippen molar-refractivity contribution in [2.45, 2.75) is 111 Å². The van der Waals surface area contributed by atoms with Gasteiger partial charge in [0.15, 0.2) is 0 Å². The van der Waals surface area contributed by atoms with Gasteiger partial charge in [-0.2, -0.15) is 0 Å². The first kappa shape index (κ1) is 21.1. The van der Waals surface area contributed by atoms with Gasteiger partial charge in [-0.15, -0.1) is 0 Å². The van der Waals surface area contributed by atoms with Crippen LogP contribution in [-0.4, -0.2) is 5.11 Å². The van der Waals surface area contributed by atoms with E-state index in [0.717, 1.165) is 18.4 Å². The molecule has 0 aliphatic rings. The molecule has 0 aliphatic heterocycles. The molecule has 0 saturated heterocycles. The molecule has 0 aliphatic carbocycles. The Kier molecular flexibility index (Phi) is 10.9. The van der Waals surface area contributed by atoms with Gasteiger partial charge in [0, 0.05) is 0 Å². The van der Waals surface area contributed by atoms with Crippen molar-refractivity contribution in [1.82, 2.24) is 0 Å². The second-order valence-corrected chi connectivity index (χ2v) is 7.32. The molecule has 0 atom stereocenters. The summed E-state index contributed by atoms with van der Waals surface area (Å²) in [6.45, 7) is 8.91. The van der Waals surface area contributed by atoms with Gasteiger partial charge < -0.3 is 5.11 Å². The van der Waals surface area contributed by atoms with Gasteiger partial charge >= 0.3 is 0 Å². The first-order valence-corrected chi connectivity index (χ1v) is 10.5. The van der Waals surface area contributed by atoms with Gasteiger partial charge in [-0.25, -0.2) is 0 Å². The van der Waals surface area contributed by atoms with Crippen molar-refractivity contribution in [1.29, 1.82) is 0 Å². The summed E-state index contributed by atoms with van der Waals surface area (Å²) in [5.41, 5.74) is 5.47. The fraction of sp³-hybridized carbons (Fsp3) is 0.739. The Hall–Kier alpha value is -0.980. The highest BCUT2D eigenvalue weighted by Crippen LogP contribution is 2.30. The Morgan fingerprint density at radius 3 is 1.79 bits per heavy atom. The second-order valence-electron chi connectivity index (χ2n) is 7.32. The molecule has 1 N–H and O–H groups in total. The van der Waals surface area contributed by atoms with E-state index in [1.54, 1.807) is 0 Å².